The topological polar surface area (TPSA) is 95.0 Å². The SMILES string of the molecule is FC(F)c1nnc(-c2ccc(Cn3cc(C4(F)CCN(C5COC5)CC4)nn3)nc2)o1. The molecule has 0 spiro atoms. The van der Waals surface area contributed by atoms with Gasteiger partial charge >= 0.3 is 6.43 Å². The first-order chi connectivity index (χ1) is 15.0. The number of hydrogen-bond acceptors (Lipinski definition) is 8. The maximum atomic E-state index is 15.4. The van der Waals surface area contributed by atoms with Crippen molar-refractivity contribution >= 4 is 0 Å². The molecule has 0 amide bonds. The molecule has 5 heterocycles. The van der Waals surface area contributed by atoms with Gasteiger partial charge in [-0.05, 0) is 12.1 Å². The molecule has 0 N–H and O–H groups in total. The van der Waals surface area contributed by atoms with Gasteiger partial charge in [0.25, 0.3) is 5.89 Å². The molecule has 2 aliphatic rings. The second-order valence-corrected chi connectivity index (χ2v) is 7.78. The lowest BCUT2D eigenvalue weighted by Crippen LogP contribution is -2.53. The van der Waals surface area contributed by atoms with E-state index >= 15 is 4.39 Å². The molecule has 0 aliphatic carbocycles. The van der Waals surface area contributed by atoms with Gasteiger partial charge in [-0.2, -0.15) is 8.78 Å². The first kappa shape index (κ1) is 20.1. The van der Waals surface area contributed by atoms with E-state index in [1.165, 1.54) is 10.9 Å². The number of rotatable bonds is 6. The van der Waals surface area contributed by atoms with Crippen LogP contribution in [0.3, 0.4) is 0 Å². The van der Waals surface area contributed by atoms with E-state index < -0.39 is 18.0 Å². The number of aromatic nitrogens is 6. The van der Waals surface area contributed by atoms with E-state index in [2.05, 4.69) is 30.4 Å². The van der Waals surface area contributed by atoms with Gasteiger partial charge in [-0.25, -0.2) is 9.07 Å². The number of hydrogen-bond donors (Lipinski definition) is 0. The van der Waals surface area contributed by atoms with Gasteiger partial charge in [0.05, 0.1) is 43.3 Å². The summed E-state index contributed by atoms with van der Waals surface area (Å²) >= 11 is 0. The van der Waals surface area contributed by atoms with Crippen LogP contribution in [0, 0.1) is 0 Å². The van der Waals surface area contributed by atoms with Gasteiger partial charge < -0.3 is 9.15 Å². The largest absolute Gasteiger partial charge is 0.415 e. The van der Waals surface area contributed by atoms with Crippen molar-refractivity contribution in [3.05, 3.63) is 41.8 Å². The van der Waals surface area contributed by atoms with Crippen molar-refractivity contribution < 1.29 is 22.3 Å². The average molecular weight is 435 g/mol. The standard InChI is InChI=1S/C19H20F3N7O2/c20-16(21)18-26-25-17(31-18)12-1-2-13(23-7-12)8-29-9-15(24-27-29)19(22)3-5-28(6-4-19)14-10-30-11-14/h1-2,7,9,14,16H,3-6,8,10-11H2. The Kier molecular flexibility index (Phi) is 5.18. The molecule has 0 unspecified atom stereocenters. The van der Waals surface area contributed by atoms with E-state index in [0.29, 0.717) is 55.5 Å². The van der Waals surface area contributed by atoms with E-state index in [0.717, 1.165) is 13.2 Å². The second-order valence-electron chi connectivity index (χ2n) is 7.78. The Morgan fingerprint density at radius 2 is 1.94 bits per heavy atom. The summed E-state index contributed by atoms with van der Waals surface area (Å²) in [6.45, 7) is 3.08. The Bertz CT molecular complexity index is 1030. The van der Waals surface area contributed by atoms with Crippen molar-refractivity contribution in [2.45, 2.75) is 37.5 Å². The molecule has 2 saturated heterocycles. The zero-order valence-corrected chi connectivity index (χ0v) is 16.5. The smallest absolute Gasteiger partial charge is 0.314 e. The molecule has 164 valence electrons. The van der Waals surface area contributed by atoms with Gasteiger partial charge in [-0.3, -0.25) is 9.88 Å². The van der Waals surface area contributed by atoms with Crippen LogP contribution in [0.25, 0.3) is 11.5 Å². The zero-order chi connectivity index (χ0) is 21.4. The first-order valence-corrected chi connectivity index (χ1v) is 9.98. The highest BCUT2D eigenvalue weighted by atomic mass is 19.3. The molecular weight excluding hydrogens is 415 g/mol. The molecular formula is C19H20F3N7O2. The Morgan fingerprint density at radius 3 is 2.55 bits per heavy atom. The molecule has 2 fully saturated rings. The third kappa shape index (κ3) is 4.04. The third-order valence-corrected chi connectivity index (χ3v) is 5.75. The minimum absolute atomic E-state index is 0.0310. The van der Waals surface area contributed by atoms with Crippen LogP contribution in [0.1, 0.15) is 36.5 Å². The van der Waals surface area contributed by atoms with Crippen molar-refractivity contribution in [2.24, 2.45) is 0 Å². The van der Waals surface area contributed by atoms with Crippen LogP contribution in [0.15, 0.2) is 28.9 Å². The summed E-state index contributed by atoms with van der Waals surface area (Å²) in [5, 5.41) is 15.0. The highest BCUT2D eigenvalue weighted by Crippen LogP contribution is 2.36. The second kappa shape index (κ2) is 8.00. The molecule has 0 aromatic carbocycles. The molecule has 31 heavy (non-hydrogen) atoms. The number of nitrogens with zero attached hydrogens (tertiary/aromatic N) is 7. The van der Waals surface area contributed by atoms with E-state index in [9.17, 15) is 8.78 Å². The van der Waals surface area contributed by atoms with Gasteiger partial charge in [0, 0.05) is 32.1 Å². The van der Waals surface area contributed by atoms with Crippen LogP contribution in [0.5, 0.6) is 0 Å². The molecule has 0 saturated carbocycles. The highest BCUT2D eigenvalue weighted by Gasteiger charge is 2.41. The average Bonchev–Trinajstić information content (AvgIpc) is 3.39. The fourth-order valence-electron chi connectivity index (χ4n) is 3.76. The molecule has 12 heteroatoms. The predicted molar refractivity (Wildman–Crippen MR) is 99.8 cm³/mol. The Morgan fingerprint density at radius 1 is 1.13 bits per heavy atom. The zero-order valence-electron chi connectivity index (χ0n) is 16.5. The maximum Gasteiger partial charge on any atom is 0.314 e. The molecule has 0 atom stereocenters. The number of likely N-dealkylation sites (tertiary alicyclic amines) is 1. The fourth-order valence-corrected chi connectivity index (χ4v) is 3.76. The van der Waals surface area contributed by atoms with Crippen LogP contribution in [-0.4, -0.2) is 67.4 Å². The maximum absolute atomic E-state index is 15.4. The van der Waals surface area contributed by atoms with Crippen LogP contribution in [0.4, 0.5) is 13.2 Å². The summed E-state index contributed by atoms with van der Waals surface area (Å²) in [4.78, 5) is 6.54. The van der Waals surface area contributed by atoms with Gasteiger partial charge in [-0.1, -0.05) is 5.21 Å². The van der Waals surface area contributed by atoms with Crippen molar-refractivity contribution in [3.8, 4) is 11.5 Å². The Labute approximate surface area is 175 Å². The normalized spacial score (nSPS) is 19.6. The summed E-state index contributed by atoms with van der Waals surface area (Å²) in [6.07, 6.45) is 0.991. The van der Waals surface area contributed by atoms with E-state index in [-0.39, 0.29) is 5.89 Å². The monoisotopic (exact) mass is 435 g/mol. The van der Waals surface area contributed by atoms with Crippen LogP contribution in [0.2, 0.25) is 0 Å². The quantitative estimate of drug-likeness (QED) is 0.583. The summed E-state index contributed by atoms with van der Waals surface area (Å²) in [5.74, 6) is -0.766. The Hall–Kier alpha value is -2.86. The molecule has 0 bridgehead atoms. The molecule has 3 aromatic heterocycles. The van der Waals surface area contributed by atoms with Crippen LogP contribution in [-0.2, 0) is 17.0 Å². The molecule has 0 radical (unpaired) electrons. The lowest BCUT2D eigenvalue weighted by Gasteiger charge is -2.42. The van der Waals surface area contributed by atoms with Crippen molar-refractivity contribution in [2.75, 3.05) is 26.3 Å². The first-order valence-electron chi connectivity index (χ1n) is 9.98. The number of alkyl halides is 3. The van der Waals surface area contributed by atoms with Gasteiger partial charge in [0.1, 0.15) is 5.69 Å². The van der Waals surface area contributed by atoms with E-state index in [4.69, 9.17) is 9.15 Å². The Balaban J connectivity index is 1.22. The predicted octanol–water partition coefficient (Wildman–Crippen LogP) is 2.37. The number of ether oxygens (including phenoxy) is 1. The highest BCUT2D eigenvalue weighted by molar-refractivity contribution is 5.50. The molecule has 3 aromatic rings. The molecule has 9 nitrogen and oxygen atoms in total. The third-order valence-electron chi connectivity index (χ3n) is 5.75. The summed E-state index contributed by atoms with van der Waals surface area (Å²) < 4.78 is 52.3. The number of pyridine rings is 1. The van der Waals surface area contributed by atoms with E-state index in [1.54, 1.807) is 18.3 Å². The summed E-state index contributed by atoms with van der Waals surface area (Å²) in [7, 11) is 0. The number of halogens is 3. The fraction of sp³-hybridized carbons (Fsp3) is 0.526. The summed E-state index contributed by atoms with van der Waals surface area (Å²) in [6, 6.07) is 3.73. The van der Waals surface area contributed by atoms with Crippen molar-refractivity contribution in [1.82, 2.24) is 35.1 Å². The van der Waals surface area contributed by atoms with Gasteiger partial charge in [0.15, 0.2) is 5.67 Å². The van der Waals surface area contributed by atoms with Crippen LogP contribution < -0.4 is 0 Å². The summed E-state index contributed by atoms with van der Waals surface area (Å²) in [5.41, 5.74) is -0.0916. The number of piperidine rings is 1. The lowest BCUT2D eigenvalue weighted by atomic mass is 9.89. The van der Waals surface area contributed by atoms with Crippen molar-refractivity contribution in [1.29, 1.82) is 0 Å². The lowest BCUT2D eigenvalue weighted by molar-refractivity contribution is -0.0861. The molecule has 5 rings (SSSR count). The van der Waals surface area contributed by atoms with E-state index in [1.807, 2.05) is 0 Å². The van der Waals surface area contributed by atoms with Crippen molar-refractivity contribution in [3.63, 3.8) is 0 Å². The molecule has 2 aliphatic heterocycles. The van der Waals surface area contributed by atoms with Gasteiger partial charge in [0.2, 0.25) is 5.89 Å². The van der Waals surface area contributed by atoms with Crippen LogP contribution >= 0.6 is 0 Å². The minimum atomic E-state index is -2.83. The van der Waals surface area contributed by atoms with Gasteiger partial charge in [-0.15, -0.1) is 15.3 Å². The minimum Gasteiger partial charge on any atom is -0.415 e.